The number of carbonyl (C=O) groups excluding carboxylic acids is 2. The molecule has 26 heavy (non-hydrogen) atoms. The second-order valence-electron chi connectivity index (χ2n) is 6.75. The average molecular weight is 357 g/mol. The van der Waals surface area contributed by atoms with Crippen LogP contribution in [0.5, 0.6) is 0 Å². The van der Waals surface area contributed by atoms with Crippen molar-refractivity contribution < 1.29 is 19.1 Å². The van der Waals surface area contributed by atoms with Crippen molar-refractivity contribution in [3.05, 3.63) is 48.5 Å². The van der Waals surface area contributed by atoms with Crippen LogP contribution in [0.1, 0.15) is 26.3 Å². The van der Waals surface area contributed by atoms with Gasteiger partial charge in [-0.15, -0.1) is 0 Å². The zero-order chi connectivity index (χ0) is 19.2. The Kier molecular flexibility index (Phi) is 6.27. The highest BCUT2D eigenvalue weighted by atomic mass is 16.6. The van der Waals surface area contributed by atoms with Gasteiger partial charge in [-0.2, -0.15) is 0 Å². The Bertz CT molecular complexity index is 740. The molecule has 0 saturated heterocycles. The third-order valence-corrected chi connectivity index (χ3v) is 3.46. The van der Waals surface area contributed by atoms with E-state index in [2.05, 4.69) is 15.3 Å². The van der Waals surface area contributed by atoms with Gasteiger partial charge in [-0.3, -0.25) is 0 Å². The number of nitrogens with one attached hydrogen (secondary N) is 1. The van der Waals surface area contributed by atoms with E-state index < -0.39 is 23.7 Å². The Hall–Kier alpha value is -2.96. The summed E-state index contributed by atoms with van der Waals surface area (Å²) in [5.41, 5.74) is 2.08. The first-order valence-corrected chi connectivity index (χ1v) is 8.20. The molecule has 0 saturated carbocycles. The summed E-state index contributed by atoms with van der Waals surface area (Å²) in [5.74, 6) is -0.531. The summed E-state index contributed by atoms with van der Waals surface area (Å²) in [6, 6.07) is 6.76. The van der Waals surface area contributed by atoms with Crippen molar-refractivity contribution in [1.82, 2.24) is 15.3 Å². The Morgan fingerprint density at radius 1 is 1.08 bits per heavy atom. The van der Waals surface area contributed by atoms with Crippen molar-refractivity contribution in [2.24, 2.45) is 0 Å². The lowest BCUT2D eigenvalue weighted by molar-refractivity contribution is -0.143. The topological polar surface area (TPSA) is 90.4 Å². The van der Waals surface area contributed by atoms with E-state index in [0.717, 1.165) is 16.7 Å². The van der Waals surface area contributed by atoms with Gasteiger partial charge in [0.15, 0.2) is 0 Å². The van der Waals surface area contributed by atoms with Crippen LogP contribution in [0.3, 0.4) is 0 Å². The molecule has 7 heteroatoms. The molecule has 0 bridgehead atoms. The number of hydrogen-bond acceptors (Lipinski definition) is 6. The molecule has 0 radical (unpaired) electrons. The van der Waals surface area contributed by atoms with E-state index in [0.29, 0.717) is 0 Å². The van der Waals surface area contributed by atoms with Gasteiger partial charge in [0.05, 0.1) is 7.11 Å². The van der Waals surface area contributed by atoms with Crippen molar-refractivity contribution in [2.45, 2.75) is 38.8 Å². The summed E-state index contributed by atoms with van der Waals surface area (Å²) in [6.07, 6.45) is 4.55. The molecule has 1 heterocycles. The molecule has 0 spiro atoms. The van der Waals surface area contributed by atoms with Gasteiger partial charge in [0.1, 0.15) is 18.0 Å². The molecule has 1 amide bonds. The quantitative estimate of drug-likeness (QED) is 0.828. The van der Waals surface area contributed by atoms with Crippen molar-refractivity contribution in [2.75, 3.05) is 7.11 Å². The Morgan fingerprint density at radius 3 is 2.23 bits per heavy atom. The van der Waals surface area contributed by atoms with Gasteiger partial charge < -0.3 is 14.8 Å². The maximum atomic E-state index is 12.0. The van der Waals surface area contributed by atoms with E-state index in [1.54, 1.807) is 33.2 Å². The highest BCUT2D eigenvalue weighted by Crippen LogP contribution is 2.18. The predicted octanol–water partition coefficient (Wildman–Crippen LogP) is 2.75. The van der Waals surface area contributed by atoms with Crippen LogP contribution in [-0.4, -0.2) is 40.8 Å². The maximum Gasteiger partial charge on any atom is 0.408 e. The molecule has 1 atom stereocenters. The number of hydrogen-bond donors (Lipinski definition) is 1. The van der Waals surface area contributed by atoms with Gasteiger partial charge in [-0.1, -0.05) is 24.3 Å². The molecule has 0 unspecified atom stereocenters. The number of nitrogens with zero attached hydrogens (tertiary/aromatic N) is 2. The smallest absolute Gasteiger partial charge is 0.408 e. The van der Waals surface area contributed by atoms with Gasteiger partial charge in [0.25, 0.3) is 0 Å². The minimum absolute atomic E-state index is 0.289. The molecule has 1 aromatic carbocycles. The van der Waals surface area contributed by atoms with Crippen molar-refractivity contribution in [1.29, 1.82) is 0 Å². The summed E-state index contributed by atoms with van der Waals surface area (Å²) in [7, 11) is 1.28. The van der Waals surface area contributed by atoms with Crippen LogP contribution >= 0.6 is 0 Å². The molecule has 0 aliphatic heterocycles. The highest BCUT2D eigenvalue weighted by molar-refractivity contribution is 5.81. The van der Waals surface area contributed by atoms with E-state index in [-0.39, 0.29) is 6.42 Å². The molecule has 0 aliphatic carbocycles. The van der Waals surface area contributed by atoms with Crippen molar-refractivity contribution in [3.8, 4) is 11.1 Å². The first-order valence-electron chi connectivity index (χ1n) is 8.20. The van der Waals surface area contributed by atoms with Crippen LogP contribution in [0.2, 0.25) is 0 Å². The number of rotatable bonds is 5. The van der Waals surface area contributed by atoms with E-state index >= 15 is 0 Å². The third-order valence-electron chi connectivity index (χ3n) is 3.46. The number of esters is 1. The fourth-order valence-electron chi connectivity index (χ4n) is 2.30. The second kappa shape index (κ2) is 8.42. The van der Waals surface area contributed by atoms with Crippen LogP contribution < -0.4 is 5.32 Å². The lowest BCUT2D eigenvalue weighted by atomic mass is 10.0. The molecular formula is C19H23N3O4. The van der Waals surface area contributed by atoms with Gasteiger partial charge in [0, 0.05) is 24.4 Å². The van der Waals surface area contributed by atoms with E-state index in [1.165, 1.54) is 13.4 Å². The fraction of sp³-hybridized carbons (Fsp3) is 0.368. The lowest BCUT2D eigenvalue weighted by Crippen LogP contribution is -2.45. The number of aromatic nitrogens is 2. The molecule has 2 rings (SSSR count). The summed E-state index contributed by atoms with van der Waals surface area (Å²) in [5, 5.41) is 2.56. The van der Waals surface area contributed by atoms with Crippen LogP contribution in [0.25, 0.3) is 11.1 Å². The summed E-state index contributed by atoms with van der Waals surface area (Å²) in [4.78, 5) is 31.9. The first kappa shape index (κ1) is 19.4. The minimum Gasteiger partial charge on any atom is -0.467 e. The number of amides is 1. The van der Waals surface area contributed by atoms with Crippen LogP contribution in [-0.2, 0) is 20.7 Å². The summed E-state index contributed by atoms with van der Waals surface area (Å²) in [6.45, 7) is 5.27. The monoisotopic (exact) mass is 357 g/mol. The SMILES string of the molecule is COC(=O)[C@H](Cc1ccc(-c2cncnc2)cc1)NC(=O)OC(C)(C)C. The third kappa shape index (κ3) is 5.84. The number of ether oxygens (including phenoxy) is 2. The number of carbonyl (C=O) groups is 2. The standard InChI is InChI=1S/C19H23N3O4/c1-19(2,3)26-18(24)22-16(17(23)25-4)9-13-5-7-14(8-6-13)15-10-20-12-21-11-15/h5-8,10-12,16H,9H2,1-4H3,(H,22,24)/t16-/m0/s1. The van der Waals surface area contributed by atoms with Gasteiger partial charge in [0.2, 0.25) is 0 Å². The molecule has 1 aromatic heterocycles. The van der Waals surface area contributed by atoms with Gasteiger partial charge in [-0.25, -0.2) is 19.6 Å². The van der Waals surface area contributed by atoms with E-state index in [4.69, 9.17) is 9.47 Å². The molecular weight excluding hydrogens is 334 g/mol. The zero-order valence-electron chi connectivity index (χ0n) is 15.4. The largest absolute Gasteiger partial charge is 0.467 e. The second-order valence-corrected chi connectivity index (χ2v) is 6.75. The summed E-state index contributed by atoms with van der Waals surface area (Å²) >= 11 is 0. The normalized spacial score (nSPS) is 12.2. The number of benzene rings is 1. The zero-order valence-corrected chi connectivity index (χ0v) is 15.4. The van der Waals surface area contributed by atoms with Gasteiger partial charge in [-0.05, 0) is 31.9 Å². The van der Waals surface area contributed by atoms with Crippen molar-refractivity contribution >= 4 is 12.1 Å². The Morgan fingerprint density at radius 2 is 1.69 bits per heavy atom. The van der Waals surface area contributed by atoms with Gasteiger partial charge >= 0.3 is 12.1 Å². The fourth-order valence-corrected chi connectivity index (χ4v) is 2.30. The lowest BCUT2D eigenvalue weighted by Gasteiger charge is -2.22. The number of alkyl carbamates (subject to hydrolysis) is 1. The summed E-state index contributed by atoms with van der Waals surface area (Å²) < 4.78 is 9.99. The van der Waals surface area contributed by atoms with E-state index in [9.17, 15) is 9.59 Å². The maximum absolute atomic E-state index is 12.0. The highest BCUT2D eigenvalue weighted by Gasteiger charge is 2.25. The Labute approximate surface area is 152 Å². The van der Waals surface area contributed by atoms with Crippen LogP contribution in [0.4, 0.5) is 4.79 Å². The molecule has 138 valence electrons. The molecule has 1 N–H and O–H groups in total. The molecule has 7 nitrogen and oxygen atoms in total. The van der Waals surface area contributed by atoms with Crippen molar-refractivity contribution in [3.63, 3.8) is 0 Å². The van der Waals surface area contributed by atoms with Crippen LogP contribution in [0, 0.1) is 0 Å². The predicted molar refractivity (Wildman–Crippen MR) is 96.3 cm³/mol. The van der Waals surface area contributed by atoms with E-state index in [1.807, 2.05) is 24.3 Å². The molecule has 2 aromatic rings. The number of methoxy groups -OCH3 is 1. The average Bonchev–Trinajstić information content (AvgIpc) is 2.60. The first-order chi connectivity index (χ1) is 12.3. The molecule has 0 aliphatic rings. The minimum atomic E-state index is -0.833. The Balaban J connectivity index is 2.08. The van der Waals surface area contributed by atoms with Crippen LogP contribution in [0.15, 0.2) is 43.0 Å². The molecule has 0 fully saturated rings.